The first-order valence-electron chi connectivity index (χ1n) is 18.7. The van der Waals surface area contributed by atoms with Crippen molar-refractivity contribution in [3.05, 3.63) is 162 Å². The largest absolute Gasteiger partial charge is 0.293 e. The molecular formula is C47H34ClN3O6S. The van der Waals surface area contributed by atoms with E-state index in [9.17, 15) is 28.8 Å². The van der Waals surface area contributed by atoms with Crippen LogP contribution in [-0.4, -0.2) is 45.1 Å². The highest BCUT2D eigenvalue weighted by Crippen LogP contribution is 2.46. The number of pyridine rings is 1. The van der Waals surface area contributed by atoms with Gasteiger partial charge in [-0.1, -0.05) is 65.8 Å². The summed E-state index contributed by atoms with van der Waals surface area (Å²) in [6, 6.07) is 22.9. The number of rotatable bonds is 6. The standard InChI is InChI=1S/C47H34ClN3O6S/c1-21-22(2)36-38(39(48)24(21)4)47(57)51(46(36)56)33-19-16-27(20-50-44(54)30-14-10-11-15-31(30)45(50)55)29-17-18-32(49-40(29)33)37-41(52)34-23(3)25(5)43(26(6)35(34)42(37)53)58-28-12-8-7-9-13-28/h7-19,37H,20H2,1-6H3. The number of carbonyl (C=O) groups is 6. The number of halogens is 1. The van der Waals surface area contributed by atoms with Crippen molar-refractivity contribution in [3.63, 3.8) is 0 Å². The highest BCUT2D eigenvalue weighted by atomic mass is 35.5. The van der Waals surface area contributed by atoms with E-state index in [-0.39, 0.29) is 51.2 Å². The van der Waals surface area contributed by atoms with E-state index in [0.717, 1.165) is 30.7 Å². The van der Waals surface area contributed by atoms with Gasteiger partial charge < -0.3 is 0 Å². The monoisotopic (exact) mass is 803 g/mol. The maximum absolute atomic E-state index is 14.6. The van der Waals surface area contributed by atoms with Gasteiger partial charge >= 0.3 is 0 Å². The van der Waals surface area contributed by atoms with Crippen LogP contribution in [0.2, 0.25) is 5.02 Å². The number of fused-ring (bicyclic) bond motifs is 4. The Labute approximate surface area is 343 Å². The highest BCUT2D eigenvalue weighted by molar-refractivity contribution is 7.99. The zero-order chi connectivity index (χ0) is 41.1. The Morgan fingerprint density at radius 1 is 0.586 bits per heavy atom. The lowest BCUT2D eigenvalue weighted by atomic mass is 9.94. The predicted octanol–water partition coefficient (Wildman–Crippen LogP) is 9.65. The molecule has 1 unspecified atom stereocenters. The van der Waals surface area contributed by atoms with Gasteiger partial charge in [0.15, 0.2) is 11.6 Å². The van der Waals surface area contributed by atoms with Crippen LogP contribution in [0, 0.1) is 41.5 Å². The average molecular weight is 804 g/mol. The third kappa shape index (κ3) is 5.21. The summed E-state index contributed by atoms with van der Waals surface area (Å²) in [5, 5.41) is 0.606. The molecule has 0 saturated heterocycles. The summed E-state index contributed by atoms with van der Waals surface area (Å²) in [5.41, 5.74) is 6.92. The molecule has 1 aliphatic carbocycles. The van der Waals surface area contributed by atoms with Crippen molar-refractivity contribution in [2.45, 2.75) is 63.8 Å². The maximum atomic E-state index is 14.6. The Hall–Kier alpha value is -6.23. The summed E-state index contributed by atoms with van der Waals surface area (Å²) < 4.78 is 0. The number of nitrogens with zero attached hydrogens (tertiary/aromatic N) is 3. The molecule has 4 amide bonds. The van der Waals surface area contributed by atoms with Gasteiger partial charge in [0, 0.05) is 26.3 Å². The molecule has 5 aromatic carbocycles. The topological polar surface area (TPSA) is 122 Å². The van der Waals surface area contributed by atoms with E-state index in [1.54, 1.807) is 62.4 Å². The van der Waals surface area contributed by atoms with Gasteiger partial charge in [-0.3, -0.25) is 33.7 Å². The third-order valence-corrected chi connectivity index (χ3v) is 13.8. The van der Waals surface area contributed by atoms with Gasteiger partial charge in [0.25, 0.3) is 23.6 Å². The number of benzene rings is 5. The fraction of sp³-hybridized carbons (Fsp3) is 0.170. The molecule has 11 heteroatoms. The first kappa shape index (κ1) is 37.4. The van der Waals surface area contributed by atoms with Crippen molar-refractivity contribution in [2.75, 3.05) is 4.90 Å². The van der Waals surface area contributed by atoms with E-state index >= 15 is 0 Å². The minimum atomic E-state index is -1.29. The van der Waals surface area contributed by atoms with Gasteiger partial charge in [0.2, 0.25) is 0 Å². The van der Waals surface area contributed by atoms with E-state index in [1.807, 2.05) is 58.0 Å². The Morgan fingerprint density at radius 2 is 1.17 bits per heavy atom. The van der Waals surface area contributed by atoms with Crippen LogP contribution >= 0.6 is 23.4 Å². The normalized spacial score (nSPS) is 15.9. The molecule has 286 valence electrons. The van der Waals surface area contributed by atoms with Gasteiger partial charge in [-0.25, -0.2) is 9.88 Å². The number of imide groups is 2. The van der Waals surface area contributed by atoms with E-state index in [1.165, 1.54) is 11.8 Å². The van der Waals surface area contributed by atoms with Crippen LogP contribution in [0.25, 0.3) is 10.9 Å². The van der Waals surface area contributed by atoms with Gasteiger partial charge in [-0.2, -0.15) is 0 Å². The maximum Gasteiger partial charge on any atom is 0.267 e. The van der Waals surface area contributed by atoms with Crippen molar-refractivity contribution in [3.8, 4) is 0 Å². The zero-order valence-electron chi connectivity index (χ0n) is 32.4. The fourth-order valence-electron chi connectivity index (χ4n) is 8.61. The molecule has 6 aromatic rings. The molecule has 3 heterocycles. The minimum Gasteiger partial charge on any atom is -0.293 e. The molecule has 1 aromatic heterocycles. The van der Waals surface area contributed by atoms with Crippen molar-refractivity contribution in [1.29, 1.82) is 0 Å². The number of ketones is 2. The second kappa shape index (κ2) is 13.4. The van der Waals surface area contributed by atoms with Crippen molar-refractivity contribution < 1.29 is 28.8 Å². The summed E-state index contributed by atoms with van der Waals surface area (Å²) in [4.78, 5) is 93.7. The van der Waals surface area contributed by atoms with E-state index in [4.69, 9.17) is 16.6 Å². The first-order valence-corrected chi connectivity index (χ1v) is 19.9. The van der Waals surface area contributed by atoms with Gasteiger partial charge in [-0.05, 0) is 117 Å². The van der Waals surface area contributed by atoms with Gasteiger partial charge in [-0.15, -0.1) is 0 Å². The highest BCUT2D eigenvalue weighted by Gasteiger charge is 2.46. The number of amides is 4. The zero-order valence-corrected chi connectivity index (χ0v) is 33.9. The third-order valence-electron chi connectivity index (χ3n) is 12.0. The lowest BCUT2D eigenvalue weighted by Crippen LogP contribution is -2.31. The summed E-state index contributed by atoms with van der Waals surface area (Å²) in [6.07, 6.45) is 0. The molecule has 1 atom stereocenters. The van der Waals surface area contributed by atoms with Gasteiger partial charge in [0.1, 0.15) is 5.92 Å². The summed E-state index contributed by atoms with van der Waals surface area (Å²) >= 11 is 8.29. The van der Waals surface area contributed by atoms with Crippen LogP contribution in [0.4, 0.5) is 5.69 Å². The molecule has 2 aliphatic heterocycles. The molecule has 0 spiro atoms. The Bertz CT molecular complexity index is 2880. The number of anilines is 1. The Balaban J connectivity index is 1.19. The second-order valence-corrected chi connectivity index (χ2v) is 16.5. The van der Waals surface area contributed by atoms with Crippen LogP contribution in [0.5, 0.6) is 0 Å². The van der Waals surface area contributed by atoms with Crippen LogP contribution in [0.3, 0.4) is 0 Å². The SMILES string of the molecule is Cc1c(C)c(Cl)c2c(c1C)C(=O)N(c1ccc(CN3C(=O)c4ccccc4C3=O)c3ccc(C4C(=O)c5c(C)c(C)c(Sc6ccccc6)c(C)c5C4=O)nc13)C2=O. The quantitative estimate of drug-likeness (QED) is 0.121. The predicted molar refractivity (Wildman–Crippen MR) is 222 cm³/mol. The van der Waals surface area contributed by atoms with Crippen molar-refractivity contribution >= 4 is 75.1 Å². The lowest BCUT2D eigenvalue weighted by Gasteiger charge is -2.21. The van der Waals surface area contributed by atoms with E-state index in [0.29, 0.717) is 55.5 Å². The molecule has 9 rings (SSSR count). The second-order valence-electron chi connectivity index (χ2n) is 15.0. The summed E-state index contributed by atoms with van der Waals surface area (Å²) in [5.74, 6) is -4.19. The molecule has 0 saturated carbocycles. The average Bonchev–Trinajstić information content (AvgIpc) is 3.75. The minimum absolute atomic E-state index is 0.0915. The van der Waals surface area contributed by atoms with Crippen molar-refractivity contribution in [2.24, 2.45) is 0 Å². The Kier molecular flexibility index (Phi) is 8.65. The van der Waals surface area contributed by atoms with E-state index in [2.05, 4.69) is 0 Å². The Morgan fingerprint density at radius 3 is 1.83 bits per heavy atom. The number of hydrogen-bond donors (Lipinski definition) is 0. The molecule has 0 radical (unpaired) electrons. The number of Topliss-reactive ketones (excluding diaryl/α,β-unsaturated/α-hetero) is 2. The number of aromatic nitrogens is 1. The molecule has 9 nitrogen and oxygen atoms in total. The van der Waals surface area contributed by atoms with Crippen LogP contribution in [-0.2, 0) is 6.54 Å². The van der Waals surface area contributed by atoms with Crippen LogP contribution in [0.15, 0.2) is 88.7 Å². The summed E-state index contributed by atoms with van der Waals surface area (Å²) in [7, 11) is 0. The molecular weight excluding hydrogens is 770 g/mol. The number of carbonyl (C=O) groups excluding carboxylic acids is 6. The van der Waals surface area contributed by atoms with Gasteiger partial charge in [0.05, 0.1) is 50.7 Å². The van der Waals surface area contributed by atoms with E-state index < -0.39 is 29.5 Å². The summed E-state index contributed by atoms with van der Waals surface area (Å²) in [6.45, 7) is 10.9. The molecule has 58 heavy (non-hydrogen) atoms. The lowest BCUT2D eigenvalue weighted by molar-refractivity contribution is 0.0641. The molecule has 0 bridgehead atoms. The fourth-order valence-corrected chi connectivity index (χ4v) is 10.0. The number of hydrogen-bond acceptors (Lipinski definition) is 8. The molecule has 0 fully saturated rings. The molecule has 0 N–H and O–H groups in total. The smallest absolute Gasteiger partial charge is 0.267 e. The molecule has 3 aliphatic rings. The first-order chi connectivity index (χ1) is 27.7. The van der Waals surface area contributed by atoms with Crippen molar-refractivity contribution in [1.82, 2.24) is 9.88 Å². The van der Waals surface area contributed by atoms with Crippen LogP contribution < -0.4 is 4.90 Å². The van der Waals surface area contributed by atoms with Crippen LogP contribution in [0.1, 0.15) is 113 Å².